The summed E-state index contributed by atoms with van der Waals surface area (Å²) in [5.74, 6) is -0.240. The Bertz CT molecular complexity index is 661. The molecular weight excluding hydrogens is 276 g/mol. The van der Waals surface area contributed by atoms with Gasteiger partial charge in [0, 0.05) is 12.6 Å². The zero-order valence-corrected chi connectivity index (χ0v) is 11.1. The number of nitro groups is 1. The highest BCUT2D eigenvalue weighted by Gasteiger charge is 2.21. The number of pyridine rings is 1. The molecule has 108 valence electrons. The molecule has 9 nitrogen and oxygen atoms in total. The summed E-state index contributed by atoms with van der Waals surface area (Å²) in [6, 6.07) is 1.33. The zero-order chi connectivity index (χ0) is 15.2. The fourth-order valence-electron chi connectivity index (χ4n) is 1.62. The van der Waals surface area contributed by atoms with Gasteiger partial charge in [0.1, 0.15) is 23.9 Å². The van der Waals surface area contributed by atoms with Crippen LogP contribution in [-0.4, -0.2) is 32.3 Å². The molecule has 0 saturated heterocycles. The molecule has 0 fully saturated rings. The van der Waals surface area contributed by atoms with Gasteiger partial charge in [-0.3, -0.25) is 14.9 Å². The van der Waals surface area contributed by atoms with Crippen LogP contribution in [-0.2, 0) is 0 Å². The van der Waals surface area contributed by atoms with Crippen molar-refractivity contribution in [2.24, 2.45) is 0 Å². The Labute approximate surface area is 119 Å². The Hall–Kier alpha value is -3.10. The first-order valence-electron chi connectivity index (χ1n) is 6.06. The second kappa shape index (κ2) is 6.37. The van der Waals surface area contributed by atoms with E-state index in [0.717, 1.165) is 6.20 Å². The molecule has 0 spiro atoms. The van der Waals surface area contributed by atoms with E-state index in [1.54, 1.807) is 0 Å². The minimum atomic E-state index is -0.654. The van der Waals surface area contributed by atoms with Gasteiger partial charge in [0.2, 0.25) is 0 Å². The fourth-order valence-corrected chi connectivity index (χ4v) is 1.62. The SMILES string of the molecule is CCNc1cc(C(=O)Nc2cncnc2)c([N+](=O)[O-])cn1. The molecule has 0 saturated carbocycles. The van der Waals surface area contributed by atoms with Crippen LogP contribution in [0.15, 0.2) is 31.0 Å². The third-order valence-corrected chi connectivity index (χ3v) is 2.50. The van der Waals surface area contributed by atoms with E-state index in [9.17, 15) is 14.9 Å². The van der Waals surface area contributed by atoms with Crippen molar-refractivity contribution in [3.63, 3.8) is 0 Å². The molecule has 2 heterocycles. The third kappa shape index (κ3) is 3.47. The topological polar surface area (TPSA) is 123 Å². The molecule has 0 unspecified atom stereocenters. The summed E-state index contributed by atoms with van der Waals surface area (Å²) >= 11 is 0. The van der Waals surface area contributed by atoms with Gasteiger partial charge in [0.15, 0.2) is 0 Å². The first-order chi connectivity index (χ1) is 10.1. The molecule has 9 heteroatoms. The van der Waals surface area contributed by atoms with E-state index in [0.29, 0.717) is 18.1 Å². The average molecular weight is 288 g/mol. The fraction of sp³-hybridized carbons (Fsp3) is 0.167. The summed E-state index contributed by atoms with van der Waals surface area (Å²) in [6.45, 7) is 2.43. The highest BCUT2D eigenvalue weighted by atomic mass is 16.6. The second-order valence-corrected chi connectivity index (χ2v) is 3.96. The van der Waals surface area contributed by atoms with Gasteiger partial charge in [-0.05, 0) is 6.92 Å². The quantitative estimate of drug-likeness (QED) is 0.630. The lowest BCUT2D eigenvalue weighted by molar-refractivity contribution is -0.385. The second-order valence-electron chi connectivity index (χ2n) is 3.96. The molecule has 0 aliphatic heterocycles. The van der Waals surface area contributed by atoms with Crippen LogP contribution < -0.4 is 10.6 Å². The Morgan fingerprint density at radius 2 is 2.05 bits per heavy atom. The van der Waals surface area contributed by atoms with Crippen LogP contribution in [0.5, 0.6) is 0 Å². The van der Waals surface area contributed by atoms with Crippen molar-refractivity contribution in [3.05, 3.63) is 46.7 Å². The van der Waals surface area contributed by atoms with E-state index in [1.807, 2.05) is 6.92 Å². The smallest absolute Gasteiger partial charge is 0.300 e. The number of aromatic nitrogens is 3. The Morgan fingerprint density at radius 1 is 1.33 bits per heavy atom. The minimum Gasteiger partial charge on any atom is -0.370 e. The van der Waals surface area contributed by atoms with Crippen molar-refractivity contribution in [2.45, 2.75) is 6.92 Å². The van der Waals surface area contributed by atoms with Gasteiger partial charge < -0.3 is 10.6 Å². The van der Waals surface area contributed by atoms with E-state index in [2.05, 4.69) is 25.6 Å². The Morgan fingerprint density at radius 3 is 2.67 bits per heavy atom. The van der Waals surface area contributed by atoms with Crippen LogP contribution in [0, 0.1) is 10.1 Å². The molecule has 21 heavy (non-hydrogen) atoms. The van der Waals surface area contributed by atoms with Gasteiger partial charge in [-0.15, -0.1) is 0 Å². The lowest BCUT2D eigenvalue weighted by Crippen LogP contribution is -2.15. The van der Waals surface area contributed by atoms with Crippen LogP contribution >= 0.6 is 0 Å². The average Bonchev–Trinajstić information content (AvgIpc) is 2.48. The van der Waals surface area contributed by atoms with Crippen molar-refractivity contribution in [1.29, 1.82) is 0 Å². The molecule has 0 radical (unpaired) electrons. The number of nitrogens with zero attached hydrogens (tertiary/aromatic N) is 4. The van der Waals surface area contributed by atoms with Crippen LogP contribution in [0.1, 0.15) is 17.3 Å². The number of hydrogen-bond acceptors (Lipinski definition) is 7. The lowest BCUT2D eigenvalue weighted by atomic mass is 10.2. The molecule has 2 N–H and O–H groups in total. The van der Waals surface area contributed by atoms with E-state index < -0.39 is 10.8 Å². The summed E-state index contributed by atoms with van der Waals surface area (Å²) in [5, 5.41) is 16.4. The van der Waals surface area contributed by atoms with Gasteiger partial charge in [0.25, 0.3) is 11.6 Å². The number of hydrogen-bond donors (Lipinski definition) is 2. The third-order valence-electron chi connectivity index (χ3n) is 2.50. The van der Waals surface area contributed by atoms with Crippen molar-refractivity contribution in [2.75, 3.05) is 17.2 Å². The normalized spacial score (nSPS) is 9.95. The molecule has 2 aromatic heterocycles. The van der Waals surface area contributed by atoms with Gasteiger partial charge in [0.05, 0.1) is 23.0 Å². The lowest BCUT2D eigenvalue weighted by Gasteiger charge is -2.07. The predicted molar refractivity (Wildman–Crippen MR) is 75.0 cm³/mol. The summed E-state index contributed by atoms with van der Waals surface area (Å²) in [5.41, 5.74) is -0.112. The van der Waals surface area contributed by atoms with Crippen molar-refractivity contribution in [3.8, 4) is 0 Å². The molecule has 0 atom stereocenters. The zero-order valence-electron chi connectivity index (χ0n) is 11.1. The van der Waals surface area contributed by atoms with Crippen LogP contribution in [0.2, 0.25) is 0 Å². The number of nitrogens with one attached hydrogen (secondary N) is 2. The highest BCUT2D eigenvalue weighted by Crippen LogP contribution is 2.21. The highest BCUT2D eigenvalue weighted by molar-refractivity contribution is 6.07. The molecule has 0 aliphatic rings. The van der Waals surface area contributed by atoms with Gasteiger partial charge in [-0.1, -0.05) is 0 Å². The molecular formula is C12H12N6O3. The van der Waals surface area contributed by atoms with E-state index >= 15 is 0 Å². The summed E-state index contributed by atoms with van der Waals surface area (Å²) in [7, 11) is 0. The summed E-state index contributed by atoms with van der Waals surface area (Å²) in [4.78, 5) is 33.9. The summed E-state index contributed by atoms with van der Waals surface area (Å²) in [6.07, 6.45) is 5.15. The van der Waals surface area contributed by atoms with E-state index in [4.69, 9.17) is 0 Å². The number of carbonyl (C=O) groups excluding carboxylic acids is 1. The van der Waals surface area contributed by atoms with Gasteiger partial charge in [-0.25, -0.2) is 15.0 Å². The minimum absolute atomic E-state index is 0.0881. The number of amides is 1. The van der Waals surface area contributed by atoms with E-state index in [1.165, 1.54) is 24.8 Å². The van der Waals surface area contributed by atoms with Gasteiger partial charge in [-0.2, -0.15) is 0 Å². The first kappa shape index (κ1) is 14.3. The van der Waals surface area contributed by atoms with Crippen molar-refractivity contribution >= 4 is 23.1 Å². The van der Waals surface area contributed by atoms with Crippen LogP contribution in [0.3, 0.4) is 0 Å². The summed E-state index contributed by atoms with van der Waals surface area (Å²) < 4.78 is 0. The van der Waals surface area contributed by atoms with Crippen molar-refractivity contribution < 1.29 is 9.72 Å². The molecule has 2 rings (SSSR count). The molecule has 2 aromatic rings. The van der Waals surface area contributed by atoms with E-state index in [-0.39, 0.29) is 11.3 Å². The Balaban J connectivity index is 2.33. The Kier molecular flexibility index (Phi) is 4.34. The standard InChI is InChI=1S/C12H12N6O3/c1-2-15-11-3-9(10(6-16-11)18(20)21)12(19)17-8-4-13-7-14-5-8/h3-7H,2H2,1H3,(H,15,16)(H,17,19). The molecule has 0 aliphatic carbocycles. The molecule has 0 aromatic carbocycles. The van der Waals surface area contributed by atoms with Crippen LogP contribution in [0.4, 0.5) is 17.2 Å². The van der Waals surface area contributed by atoms with Crippen LogP contribution in [0.25, 0.3) is 0 Å². The first-order valence-corrected chi connectivity index (χ1v) is 6.06. The number of rotatable bonds is 5. The number of carbonyl (C=O) groups is 1. The van der Waals surface area contributed by atoms with Gasteiger partial charge >= 0.3 is 0 Å². The number of anilines is 2. The maximum absolute atomic E-state index is 12.2. The molecule has 0 bridgehead atoms. The predicted octanol–water partition coefficient (Wildman–Crippen LogP) is 1.46. The van der Waals surface area contributed by atoms with Crippen molar-refractivity contribution in [1.82, 2.24) is 15.0 Å². The maximum atomic E-state index is 12.2. The monoisotopic (exact) mass is 288 g/mol. The molecule has 1 amide bonds. The largest absolute Gasteiger partial charge is 0.370 e. The maximum Gasteiger partial charge on any atom is 0.300 e.